The van der Waals surface area contributed by atoms with Gasteiger partial charge in [0.2, 0.25) is 10.0 Å². The standard InChI is InChI=1S/C18H21F3N4O2S2/c1-13-10-25(15-3-5-16(6-4-15)28-18(19,20)21)12-24(13)11-14-7-8-22-17(9-14)23-29(2,26)27/h3-9,13H,10-12H2,1-2H3,(H,22,23). The minimum Gasteiger partial charge on any atom is -0.357 e. The molecule has 0 saturated carbocycles. The number of thioether (sulfide) groups is 1. The van der Waals surface area contributed by atoms with Crippen molar-refractivity contribution >= 4 is 33.3 Å². The van der Waals surface area contributed by atoms with Crippen LogP contribution in [0.25, 0.3) is 0 Å². The highest BCUT2D eigenvalue weighted by molar-refractivity contribution is 8.00. The van der Waals surface area contributed by atoms with Crippen molar-refractivity contribution in [2.75, 3.05) is 29.1 Å². The van der Waals surface area contributed by atoms with Gasteiger partial charge in [-0.25, -0.2) is 13.4 Å². The Balaban J connectivity index is 1.65. The number of nitrogens with zero attached hydrogens (tertiary/aromatic N) is 3. The van der Waals surface area contributed by atoms with E-state index in [1.165, 1.54) is 12.1 Å². The Kier molecular flexibility index (Phi) is 6.30. The third-order valence-corrected chi connectivity index (χ3v) is 5.71. The van der Waals surface area contributed by atoms with Crippen LogP contribution in [-0.4, -0.2) is 49.3 Å². The number of aromatic nitrogens is 1. The molecule has 1 aliphatic rings. The molecule has 1 aliphatic heterocycles. The average Bonchev–Trinajstić information content (AvgIpc) is 2.93. The quantitative estimate of drug-likeness (QED) is 0.682. The van der Waals surface area contributed by atoms with Gasteiger partial charge in [0.25, 0.3) is 0 Å². The van der Waals surface area contributed by atoms with E-state index in [4.69, 9.17) is 0 Å². The monoisotopic (exact) mass is 446 g/mol. The minimum atomic E-state index is -4.30. The summed E-state index contributed by atoms with van der Waals surface area (Å²) in [6, 6.07) is 10.1. The van der Waals surface area contributed by atoms with Crippen molar-refractivity contribution in [3.05, 3.63) is 48.2 Å². The Morgan fingerprint density at radius 1 is 1.24 bits per heavy atom. The van der Waals surface area contributed by atoms with E-state index in [2.05, 4.69) is 26.4 Å². The Labute approximate surface area is 172 Å². The van der Waals surface area contributed by atoms with Crippen molar-refractivity contribution in [1.29, 1.82) is 0 Å². The largest absolute Gasteiger partial charge is 0.446 e. The molecule has 1 unspecified atom stereocenters. The predicted molar refractivity (Wildman–Crippen MR) is 108 cm³/mol. The lowest BCUT2D eigenvalue weighted by atomic mass is 10.2. The second-order valence-electron chi connectivity index (χ2n) is 6.92. The molecule has 2 heterocycles. The normalized spacial score (nSPS) is 18.2. The number of sulfonamides is 1. The molecule has 0 amide bonds. The number of pyridine rings is 1. The van der Waals surface area contributed by atoms with Crippen LogP contribution in [0.2, 0.25) is 0 Å². The van der Waals surface area contributed by atoms with E-state index < -0.39 is 15.5 Å². The zero-order valence-electron chi connectivity index (χ0n) is 15.8. The summed E-state index contributed by atoms with van der Waals surface area (Å²) in [5, 5.41) is 0. The summed E-state index contributed by atoms with van der Waals surface area (Å²) in [6.07, 6.45) is 2.62. The minimum absolute atomic E-state index is 0.124. The van der Waals surface area contributed by atoms with Gasteiger partial charge >= 0.3 is 5.51 Å². The van der Waals surface area contributed by atoms with Gasteiger partial charge in [-0.2, -0.15) is 13.2 Å². The van der Waals surface area contributed by atoms with Crippen LogP contribution in [0.4, 0.5) is 24.7 Å². The van der Waals surface area contributed by atoms with Crippen molar-refractivity contribution in [2.45, 2.75) is 29.9 Å². The third kappa shape index (κ3) is 6.51. The number of hydrogen-bond donors (Lipinski definition) is 1. The number of benzene rings is 1. The van der Waals surface area contributed by atoms with Gasteiger partial charge in [0.15, 0.2) is 0 Å². The molecule has 11 heteroatoms. The maximum atomic E-state index is 12.5. The van der Waals surface area contributed by atoms with Gasteiger partial charge < -0.3 is 4.90 Å². The van der Waals surface area contributed by atoms with Crippen LogP contribution in [0.5, 0.6) is 0 Å². The van der Waals surface area contributed by atoms with Crippen LogP contribution in [0, 0.1) is 0 Å². The molecule has 0 aliphatic carbocycles. The van der Waals surface area contributed by atoms with Crippen LogP contribution in [0.3, 0.4) is 0 Å². The summed E-state index contributed by atoms with van der Waals surface area (Å²) >= 11 is -0.124. The first-order valence-corrected chi connectivity index (χ1v) is 11.5. The van der Waals surface area contributed by atoms with Crippen LogP contribution in [0.1, 0.15) is 12.5 Å². The number of halogens is 3. The molecule has 0 spiro atoms. The van der Waals surface area contributed by atoms with Crippen LogP contribution < -0.4 is 9.62 Å². The molecular formula is C18H21F3N4O2S2. The molecule has 1 fully saturated rings. The average molecular weight is 447 g/mol. The van der Waals surface area contributed by atoms with Gasteiger partial charge in [0.05, 0.1) is 12.9 Å². The predicted octanol–water partition coefficient (Wildman–Crippen LogP) is 3.73. The summed E-state index contributed by atoms with van der Waals surface area (Å²) < 4.78 is 62.5. The SMILES string of the molecule is CC1CN(c2ccc(SC(F)(F)F)cc2)CN1Cc1ccnc(NS(C)(=O)=O)c1. The number of nitrogens with one attached hydrogen (secondary N) is 1. The van der Waals surface area contributed by atoms with E-state index in [9.17, 15) is 21.6 Å². The maximum absolute atomic E-state index is 12.5. The number of hydrogen-bond acceptors (Lipinski definition) is 6. The molecule has 1 aromatic heterocycles. The highest BCUT2D eigenvalue weighted by atomic mass is 32.2. The molecule has 2 aromatic rings. The molecule has 0 bridgehead atoms. The highest BCUT2D eigenvalue weighted by Gasteiger charge is 2.30. The topological polar surface area (TPSA) is 65.5 Å². The lowest BCUT2D eigenvalue weighted by Gasteiger charge is -2.21. The molecule has 3 rings (SSSR count). The van der Waals surface area contributed by atoms with E-state index >= 15 is 0 Å². The third-order valence-electron chi connectivity index (χ3n) is 4.40. The zero-order chi connectivity index (χ0) is 21.2. The van der Waals surface area contributed by atoms with Gasteiger partial charge in [-0.15, -0.1) is 0 Å². The summed E-state index contributed by atoms with van der Waals surface area (Å²) in [4.78, 5) is 8.48. The highest BCUT2D eigenvalue weighted by Crippen LogP contribution is 2.37. The molecule has 1 aromatic carbocycles. The van der Waals surface area contributed by atoms with Gasteiger partial charge in [0, 0.05) is 35.9 Å². The van der Waals surface area contributed by atoms with Crippen molar-refractivity contribution in [2.24, 2.45) is 0 Å². The van der Waals surface area contributed by atoms with E-state index in [-0.39, 0.29) is 28.5 Å². The van der Waals surface area contributed by atoms with Crippen molar-refractivity contribution < 1.29 is 21.6 Å². The van der Waals surface area contributed by atoms with Crippen molar-refractivity contribution in [3.63, 3.8) is 0 Å². The van der Waals surface area contributed by atoms with Crippen molar-refractivity contribution in [1.82, 2.24) is 9.88 Å². The summed E-state index contributed by atoms with van der Waals surface area (Å²) in [6.45, 7) is 4.03. The van der Waals surface area contributed by atoms with E-state index in [1.807, 2.05) is 6.07 Å². The second kappa shape index (κ2) is 8.41. The number of anilines is 2. The Hall–Kier alpha value is -1.98. The van der Waals surface area contributed by atoms with Crippen LogP contribution >= 0.6 is 11.8 Å². The van der Waals surface area contributed by atoms with E-state index in [0.29, 0.717) is 13.2 Å². The van der Waals surface area contributed by atoms with Gasteiger partial charge in [-0.1, -0.05) is 0 Å². The Morgan fingerprint density at radius 3 is 2.55 bits per heavy atom. The fraction of sp³-hybridized carbons (Fsp3) is 0.389. The lowest BCUT2D eigenvalue weighted by Crippen LogP contribution is -2.28. The Morgan fingerprint density at radius 2 is 1.93 bits per heavy atom. The fourth-order valence-corrected chi connectivity index (χ4v) is 4.19. The van der Waals surface area contributed by atoms with E-state index in [1.54, 1.807) is 24.4 Å². The molecular weight excluding hydrogens is 425 g/mol. The van der Waals surface area contributed by atoms with Crippen LogP contribution in [-0.2, 0) is 16.6 Å². The van der Waals surface area contributed by atoms with Gasteiger partial charge in [-0.05, 0) is 60.6 Å². The molecule has 158 valence electrons. The van der Waals surface area contributed by atoms with Crippen molar-refractivity contribution in [3.8, 4) is 0 Å². The van der Waals surface area contributed by atoms with Crippen LogP contribution in [0.15, 0.2) is 47.5 Å². The first-order valence-electron chi connectivity index (χ1n) is 8.76. The summed E-state index contributed by atoms with van der Waals surface area (Å²) in [7, 11) is -3.40. The molecule has 6 nitrogen and oxygen atoms in total. The fourth-order valence-electron chi connectivity index (χ4n) is 3.16. The number of rotatable bonds is 6. The lowest BCUT2D eigenvalue weighted by molar-refractivity contribution is -0.0328. The summed E-state index contributed by atoms with van der Waals surface area (Å²) in [5.74, 6) is 0.270. The summed E-state index contributed by atoms with van der Waals surface area (Å²) in [5.41, 5.74) is -2.52. The van der Waals surface area contributed by atoms with Gasteiger partial charge in [-0.3, -0.25) is 9.62 Å². The zero-order valence-corrected chi connectivity index (χ0v) is 17.5. The van der Waals surface area contributed by atoms with Gasteiger partial charge in [0.1, 0.15) is 5.82 Å². The maximum Gasteiger partial charge on any atom is 0.446 e. The molecule has 1 saturated heterocycles. The molecule has 1 atom stereocenters. The number of alkyl halides is 3. The van der Waals surface area contributed by atoms with E-state index in [0.717, 1.165) is 24.1 Å². The first-order chi connectivity index (χ1) is 13.5. The molecule has 29 heavy (non-hydrogen) atoms. The molecule has 0 radical (unpaired) electrons. The molecule has 1 N–H and O–H groups in total. The first kappa shape index (κ1) is 21.7. The second-order valence-corrected chi connectivity index (χ2v) is 9.81. The Bertz CT molecular complexity index is 952. The smallest absolute Gasteiger partial charge is 0.357 e.